The second-order valence-corrected chi connectivity index (χ2v) is 5.18. The summed E-state index contributed by atoms with van der Waals surface area (Å²) >= 11 is 0. The Morgan fingerprint density at radius 3 is 2.35 bits per heavy atom. The first-order chi connectivity index (χ1) is 11.2. The van der Waals surface area contributed by atoms with Gasteiger partial charge in [-0.1, -0.05) is 42.5 Å². The van der Waals surface area contributed by atoms with Gasteiger partial charge in [0.05, 0.1) is 6.61 Å². The van der Waals surface area contributed by atoms with Gasteiger partial charge in [-0.15, -0.1) is 0 Å². The van der Waals surface area contributed by atoms with Gasteiger partial charge in [-0.05, 0) is 24.1 Å². The Hall–Kier alpha value is -3.06. The first-order valence-corrected chi connectivity index (χ1v) is 7.49. The third-order valence-corrected chi connectivity index (χ3v) is 3.63. The Balaban J connectivity index is 1.99. The van der Waals surface area contributed by atoms with Crippen molar-refractivity contribution in [1.29, 1.82) is 5.26 Å². The van der Waals surface area contributed by atoms with E-state index in [0.29, 0.717) is 12.3 Å². The van der Waals surface area contributed by atoms with E-state index in [1.807, 2.05) is 68.7 Å². The van der Waals surface area contributed by atoms with E-state index in [1.165, 1.54) is 0 Å². The summed E-state index contributed by atoms with van der Waals surface area (Å²) < 4.78 is 7.35. The number of para-hydroxylation sites is 1. The molecule has 0 amide bonds. The van der Waals surface area contributed by atoms with Crippen molar-refractivity contribution in [2.24, 2.45) is 7.05 Å². The zero-order chi connectivity index (χ0) is 16.2. The average molecular weight is 303 g/mol. The SMILES string of the molecule is CCOc1ccccc1-c1ccc(-c2cn(C)nc2C#N)cc1. The highest BCUT2D eigenvalue weighted by atomic mass is 16.5. The minimum atomic E-state index is 0.440. The van der Waals surface area contributed by atoms with E-state index < -0.39 is 0 Å². The van der Waals surface area contributed by atoms with Crippen LogP contribution in [0.4, 0.5) is 0 Å². The van der Waals surface area contributed by atoms with E-state index >= 15 is 0 Å². The van der Waals surface area contributed by atoms with E-state index in [4.69, 9.17) is 4.74 Å². The van der Waals surface area contributed by atoms with Gasteiger partial charge in [-0.3, -0.25) is 4.68 Å². The molecule has 3 aromatic rings. The van der Waals surface area contributed by atoms with Crippen LogP contribution in [0.1, 0.15) is 12.6 Å². The van der Waals surface area contributed by atoms with Gasteiger partial charge in [0.15, 0.2) is 5.69 Å². The molecule has 1 heterocycles. The number of aryl methyl sites for hydroxylation is 1. The van der Waals surface area contributed by atoms with Crippen LogP contribution < -0.4 is 4.74 Å². The van der Waals surface area contributed by atoms with E-state index in [-0.39, 0.29) is 0 Å². The Morgan fingerprint density at radius 1 is 1.04 bits per heavy atom. The lowest BCUT2D eigenvalue weighted by molar-refractivity contribution is 0.341. The Bertz CT molecular complexity index is 857. The lowest BCUT2D eigenvalue weighted by atomic mass is 10.00. The molecule has 0 fully saturated rings. The molecule has 2 aromatic carbocycles. The van der Waals surface area contributed by atoms with Gasteiger partial charge in [-0.2, -0.15) is 10.4 Å². The minimum absolute atomic E-state index is 0.440. The molecule has 0 saturated heterocycles. The first-order valence-electron chi connectivity index (χ1n) is 7.49. The fourth-order valence-electron chi connectivity index (χ4n) is 2.60. The maximum absolute atomic E-state index is 9.18. The number of hydrogen-bond donors (Lipinski definition) is 0. The lowest BCUT2D eigenvalue weighted by Crippen LogP contribution is -1.93. The topological polar surface area (TPSA) is 50.8 Å². The molecule has 3 rings (SSSR count). The van der Waals surface area contributed by atoms with Crippen molar-refractivity contribution in [3.05, 3.63) is 60.4 Å². The molecule has 0 aliphatic carbocycles. The summed E-state index contributed by atoms with van der Waals surface area (Å²) in [5, 5.41) is 13.3. The van der Waals surface area contributed by atoms with Crippen molar-refractivity contribution < 1.29 is 4.74 Å². The quantitative estimate of drug-likeness (QED) is 0.731. The molecule has 0 N–H and O–H groups in total. The molecule has 0 unspecified atom stereocenters. The summed E-state index contributed by atoms with van der Waals surface area (Å²) in [6, 6.07) is 18.2. The molecule has 0 radical (unpaired) electrons. The fraction of sp³-hybridized carbons (Fsp3) is 0.158. The van der Waals surface area contributed by atoms with Crippen molar-refractivity contribution >= 4 is 0 Å². The number of nitriles is 1. The summed E-state index contributed by atoms with van der Waals surface area (Å²) in [6.07, 6.45) is 1.86. The maximum atomic E-state index is 9.18. The predicted octanol–water partition coefficient (Wildman–Crippen LogP) is 4.02. The molecule has 0 aliphatic heterocycles. The Kier molecular flexibility index (Phi) is 4.11. The van der Waals surface area contributed by atoms with E-state index in [0.717, 1.165) is 28.0 Å². The third kappa shape index (κ3) is 2.95. The van der Waals surface area contributed by atoms with Crippen LogP contribution in [0.2, 0.25) is 0 Å². The van der Waals surface area contributed by atoms with Crippen LogP contribution in [0.5, 0.6) is 5.75 Å². The standard InChI is InChI=1S/C19H17N3O/c1-3-23-19-7-5-4-6-16(19)14-8-10-15(11-9-14)17-13-22(2)21-18(17)12-20/h4-11,13H,3H2,1-2H3. The van der Waals surface area contributed by atoms with Gasteiger partial charge in [0.2, 0.25) is 0 Å². The fourth-order valence-corrected chi connectivity index (χ4v) is 2.60. The minimum Gasteiger partial charge on any atom is -0.493 e. The van der Waals surface area contributed by atoms with E-state index in [1.54, 1.807) is 4.68 Å². The third-order valence-electron chi connectivity index (χ3n) is 3.63. The summed E-state index contributed by atoms with van der Waals surface area (Å²) in [5.41, 5.74) is 4.41. The molecule has 4 heteroatoms. The van der Waals surface area contributed by atoms with Gasteiger partial charge in [0.1, 0.15) is 11.8 Å². The molecule has 0 bridgehead atoms. The highest BCUT2D eigenvalue weighted by Crippen LogP contribution is 2.32. The van der Waals surface area contributed by atoms with E-state index in [9.17, 15) is 5.26 Å². The summed E-state index contributed by atoms with van der Waals surface area (Å²) in [6.45, 7) is 2.61. The number of aromatic nitrogens is 2. The van der Waals surface area contributed by atoms with Crippen molar-refractivity contribution in [1.82, 2.24) is 9.78 Å². The van der Waals surface area contributed by atoms with Crippen LogP contribution in [0.3, 0.4) is 0 Å². The molecule has 0 spiro atoms. The van der Waals surface area contributed by atoms with Crippen molar-refractivity contribution in [3.8, 4) is 34.1 Å². The molecule has 0 aliphatic rings. The number of benzene rings is 2. The van der Waals surface area contributed by atoms with Gasteiger partial charge >= 0.3 is 0 Å². The number of nitrogens with zero attached hydrogens (tertiary/aromatic N) is 3. The number of hydrogen-bond acceptors (Lipinski definition) is 3. The van der Waals surface area contributed by atoms with Gasteiger partial charge in [0, 0.05) is 24.4 Å². The number of rotatable bonds is 4. The van der Waals surface area contributed by atoms with Crippen LogP contribution >= 0.6 is 0 Å². The molecule has 23 heavy (non-hydrogen) atoms. The Labute approximate surface area is 135 Å². The molecule has 0 atom stereocenters. The van der Waals surface area contributed by atoms with E-state index in [2.05, 4.69) is 11.2 Å². The second kappa shape index (κ2) is 6.37. The van der Waals surface area contributed by atoms with Crippen LogP contribution in [-0.2, 0) is 7.05 Å². The predicted molar refractivity (Wildman–Crippen MR) is 90.0 cm³/mol. The molecule has 114 valence electrons. The normalized spacial score (nSPS) is 10.3. The average Bonchev–Trinajstić information content (AvgIpc) is 2.97. The second-order valence-electron chi connectivity index (χ2n) is 5.18. The zero-order valence-corrected chi connectivity index (χ0v) is 13.2. The molecular formula is C19H17N3O. The molecule has 0 saturated carbocycles. The summed E-state index contributed by atoms with van der Waals surface area (Å²) in [4.78, 5) is 0. The molecule has 1 aromatic heterocycles. The van der Waals surface area contributed by atoms with Crippen LogP contribution in [-0.4, -0.2) is 16.4 Å². The van der Waals surface area contributed by atoms with Gasteiger partial charge in [0.25, 0.3) is 0 Å². The first kappa shape index (κ1) is 14.9. The van der Waals surface area contributed by atoms with Crippen LogP contribution in [0.25, 0.3) is 22.3 Å². The highest BCUT2D eigenvalue weighted by Gasteiger charge is 2.10. The van der Waals surface area contributed by atoms with Crippen molar-refractivity contribution in [3.63, 3.8) is 0 Å². The zero-order valence-electron chi connectivity index (χ0n) is 13.2. The molecule has 4 nitrogen and oxygen atoms in total. The smallest absolute Gasteiger partial charge is 0.170 e. The highest BCUT2D eigenvalue weighted by molar-refractivity contribution is 5.75. The lowest BCUT2D eigenvalue weighted by Gasteiger charge is -2.10. The van der Waals surface area contributed by atoms with Gasteiger partial charge in [-0.25, -0.2) is 0 Å². The number of ether oxygens (including phenoxy) is 1. The van der Waals surface area contributed by atoms with Crippen LogP contribution in [0, 0.1) is 11.3 Å². The summed E-state index contributed by atoms with van der Waals surface area (Å²) in [7, 11) is 1.82. The monoisotopic (exact) mass is 303 g/mol. The summed E-state index contributed by atoms with van der Waals surface area (Å²) in [5.74, 6) is 0.877. The largest absolute Gasteiger partial charge is 0.493 e. The van der Waals surface area contributed by atoms with Crippen molar-refractivity contribution in [2.75, 3.05) is 6.61 Å². The van der Waals surface area contributed by atoms with Gasteiger partial charge < -0.3 is 4.74 Å². The maximum Gasteiger partial charge on any atom is 0.170 e. The molecular weight excluding hydrogens is 286 g/mol. The Morgan fingerprint density at radius 2 is 1.70 bits per heavy atom. The van der Waals surface area contributed by atoms with Crippen molar-refractivity contribution in [2.45, 2.75) is 6.92 Å². The van der Waals surface area contributed by atoms with Crippen LogP contribution in [0.15, 0.2) is 54.7 Å².